The van der Waals surface area contributed by atoms with Crippen LogP contribution < -0.4 is 0 Å². The van der Waals surface area contributed by atoms with Crippen LogP contribution in [0.15, 0.2) is 64.8 Å². The molecule has 0 bridgehead atoms. The Bertz CT molecular complexity index is 449. The molecule has 2 aromatic carbocycles. The summed E-state index contributed by atoms with van der Waals surface area (Å²) in [5.41, 5.74) is 1.75. The standard InChI is InChI=1S/C12H9IN2/c13-10-6-8-12(9-7-10)15-14-11-4-2-1-3-5-11/h1-9H/b15-14+. The first-order valence-corrected chi connectivity index (χ1v) is 5.65. The van der Waals surface area contributed by atoms with Crippen LogP contribution in [-0.4, -0.2) is 0 Å². The van der Waals surface area contributed by atoms with Gasteiger partial charge in [0.25, 0.3) is 0 Å². The Morgan fingerprint density at radius 1 is 0.667 bits per heavy atom. The van der Waals surface area contributed by atoms with Crippen molar-refractivity contribution in [2.75, 3.05) is 0 Å². The maximum Gasteiger partial charge on any atom is 0.0857 e. The van der Waals surface area contributed by atoms with Crippen LogP contribution in [0.1, 0.15) is 0 Å². The predicted octanol–water partition coefficient (Wildman–Crippen LogP) is 4.71. The summed E-state index contributed by atoms with van der Waals surface area (Å²) >= 11 is 2.26. The number of hydrogen-bond acceptors (Lipinski definition) is 2. The van der Waals surface area contributed by atoms with Gasteiger partial charge in [-0.15, -0.1) is 0 Å². The first-order chi connectivity index (χ1) is 7.34. The van der Waals surface area contributed by atoms with Gasteiger partial charge in [0.1, 0.15) is 0 Å². The van der Waals surface area contributed by atoms with Crippen molar-refractivity contribution >= 4 is 34.0 Å². The van der Waals surface area contributed by atoms with Crippen molar-refractivity contribution in [1.29, 1.82) is 0 Å². The maximum absolute atomic E-state index is 4.14. The van der Waals surface area contributed by atoms with E-state index in [0.29, 0.717) is 0 Å². The van der Waals surface area contributed by atoms with Crippen molar-refractivity contribution in [1.82, 2.24) is 0 Å². The highest BCUT2D eigenvalue weighted by Crippen LogP contribution is 2.18. The Morgan fingerprint density at radius 3 is 1.80 bits per heavy atom. The highest BCUT2D eigenvalue weighted by molar-refractivity contribution is 14.1. The molecule has 2 nitrogen and oxygen atoms in total. The lowest BCUT2D eigenvalue weighted by Crippen LogP contribution is -1.67. The Morgan fingerprint density at radius 2 is 1.20 bits per heavy atom. The van der Waals surface area contributed by atoms with Crippen molar-refractivity contribution in [2.24, 2.45) is 10.2 Å². The predicted molar refractivity (Wildman–Crippen MR) is 69.8 cm³/mol. The average Bonchev–Trinajstić information content (AvgIpc) is 2.30. The van der Waals surface area contributed by atoms with Gasteiger partial charge in [-0.3, -0.25) is 0 Å². The van der Waals surface area contributed by atoms with Crippen LogP contribution in [-0.2, 0) is 0 Å². The molecule has 2 rings (SSSR count). The topological polar surface area (TPSA) is 24.7 Å². The van der Waals surface area contributed by atoms with E-state index < -0.39 is 0 Å². The molecule has 3 heteroatoms. The number of azo groups is 1. The first kappa shape index (κ1) is 10.3. The summed E-state index contributed by atoms with van der Waals surface area (Å²) in [4.78, 5) is 0. The smallest absolute Gasteiger partial charge is 0.0857 e. The summed E-state index contributed by atoms with van der Waals surface area (Å²) in [5, 5.41) is 8.27. The second kappa shape index (κ2) is 5.02. The van der Waals surface area contributed by atoms with Crippen molar-refractivity contribution in [3.05, 3.63) is 58.2 Å². The number of nitrogens with zero attached hydrogens (tertiary/aromatic N) is 2. The fourth-order valence-electron chi connectivity index (χ4n) is 1.12. The van der Waals surface area contributed by atoms with Crippen LogP contribution in [0.4, 0.5) is 11.4 Å². The monoisotopic (exact) mass is 308 g/mol. The molecule has 0 atom stereocenters. The van der Waals surface area contributed by atoms with Gasteiger partial charge in [-0.1, -0.05) is 18.2 Å². The molecule has 0 aliphatic heterocycles. The van der Waals surface area contributed by atoms with E-state index in [1.165, 1.54) is 3.57 Å². The van der Waals surface area contributed by atoms with Gasteiger partial charge in [0, 0.05) is 3.57 Å². The first-order valence-electron chi connectivity index (χ1n) is 4.57. The van der Waals surface area contributed by atoms with Gasteiger partial charge in [-0.05, 0) is 59.0 Å². The minimum absolute atomic E-state index is 0.871. The molecule has 0 radical (unpaired) electrons. The van der Waals surface area contributed by atoms with E-state index in [1.54, 1.807) is 0 Å². The molecular formula is C12H9IN2. The fourth-order valence-corrected chi connectivity index (χ4v) is 1.48. The van der Waals surface area contributed by atoms with Gasteiger partial charge in [-0.25, -0.2) is 0 Å². The lowest BCUT2D eigenvalue weighted by molar-refractivity contribution is 1.23. The molecule has 15 heavy (non-hydrogen) atoms. The summed E-state index contributed by atoms with van der Waals surface area (Å²) < 4.78 is 1.20. The zero-order chi connectivity index (χ0) is 10.5. The molecule has 0 spiro atoms. The van der Waals surface area contributed by atoms with E-state index >= 15 is 0 Å². The number of rotatable bonds is 2. The molecule has 0 unspecified atom stereocenters. The zero-order valence-electron chi connectivity index (χ0n) is 7.97. The molecular weight excluding hydrogens is 299 g/mol. The largest absolute Gasteiger partial charge is 0.151 e. The second-order valence-electron chi connectivity index (χ2n) is 3.01. The highest BCUT2D eigenvalue weighted by atomic mass is 127. The van der Waals surface area contributed by atoms with Crippen LogP contribution in [0.25, 0.3) is 0 Å². The summed E-state index contributed by atoms with van der Waals surface area (Å²) in [5.74, 6) is 0. The fraction of sp³-hybridized carbons (Fsp3) is 0. The van der Waals surface area contributed by atoms with E-state index in [2.05, 4.69) is 32.8 Å². The molecule has 0 aliphatic rings. The number of benzene rings is 2. The maximum atomic E-state index is 4.14. The minimum Gasteiger partial charge on any atom is -0.151 e. The molecule has 0 fully saturated rings. The summed E-state index contributed by atoms with van der Waals surface area (Å²) in [7, 11) is 0. The molecule has 0 heterocycles. The van der Waals surface area contributed by atoms with E-state index in [-0.39, 0.29) is 0 Å². The van der Waals surface area contributed by atoms with E-state index in [4.69, 9.17) is 0 Å². The van der Waals surface area contributed by atoms with Crippen molar-refractivity contribution < 1.29 is 0 Å². The van der Waals surface area contributed by atoms with Crippen molar-refractivity contribution in [3.63, 3.8) is 0 Å². The van der Waals surface area contributed by atoms with Gasteiger partial charge in [0.15, 0.2) is 0 Å². The molecule has 0 saturated heterocycles. The molecule has 0 amide bonds. The van der Waals surface area contributed by atoms with E-state index in [9.17, 15) is 0 Å². The third-order valence-corrected chi connectivity index (χ3v) is 2.58. The SMILES string of the molecule is Ic1ccc(/N=N/c2ccccc2)cc1. The van der Waals surface area contributed by atoms with Crippen LogP contribution in [0.3, 0.4) is 0 Å². The highest BCUT2D eigenvalue weighted by Gasteiger charge is 1.89. The Hall–Kier alpha value is -1.23. The third kappa shape index (κ3) is 3.13. The van der Waals surface area contributed by atoms with Crippen molar-refractivity contribution in [3.8, 4) is 0 Å². The average molecular weight is 308 g/mol. The van der Waals surface area contributed by atoms with Crippen LogP contribution in [0.5, 0.6) is 0 Å². The summed E-state index contributed by atoms with van der Waals surface area (Å²) in [6.45, 7) is 0. The third-order valence-electron chi connectivity index (χ3n) is 1.86. The van der Waals surface area contributed by atoms with Gasteiger partial charge in [0.2, 0.25) is 0 Å². The van der Waals surface area contributed by atoms with Gasteiger partial charge in [-0.2, -0.15) is 10.2 Å². The molecule has 0 aromatic heterocycles. The van der Waals surface area contributed by atoms with Crippen molar-refractivity contribution in [2.45, 2.75) is 0 Å². The Labute approximate surface area is 102 Å². The molecule has 0 saturated carbocycles. The number of hydrogen-bond donors (Lipinski definition) is 0. The van der Waals surface area contributed by atoms with E-state index in [1.807, 2.05) is 54.6 Å². The van der Waals surface area contributed by atoms with Gasteiger partial charge >= 0.3 is 0 Å². The van der Waals surface area contributed by atoms with Crippen LogP contribution >= 0.6 is 22.6 Å². The molecule has 2 aromatic rings. The lowest BCUT2D eigenvalue weighted by Gasteiger charge is -1.93. The van der Waals surface area contributed by atoms with Gasteiger partial charge < -0.3 is 0 Å². The Kier molecular flexibility index (Phi) is 3.45. The van der Waals surface area contributed by atoms with Crippen LogP contribution in [0.2, 0.25) is 0 Å². The zero-order valence-corrected chi connectivity index (χ0v) is 10.1. The number of halogens is 1. The van der Waals surface area contributed by atoms with Crippen LogP contribution in [0, 0.1) is 3.57 Å². The van der Waals surface area contributed by atoms with E-state index in [0.717, 1.165) is 11.4 Å². The quantitative estimate of drug-likeness (QED) is 0.567. The summed E-state index contributed by atoms with van der Waals surface area (Å²) in [6, 6.07) is 17.6. The lowest BCUT2D eigenvalue weighted by atomic mass is 10.3. The molecule has 0 aliphatic carbocycles. The molecule has 74 valence electrons. The molecule has 0 N–H and O–H groups in total. The Balaban J connectivity index is 2.15. The summed E-state index contributed by atoms with van der Waals surface area (Å²) in [6.07, 6.45) is 0. The van der Waals surface area contributed by atoms with Gasteiger partial charge in [0.05, 0.1) is 11.4 Å². The normalized spacial score (nSPS) is 10.7. The second-order valence-corrected chi connectivity index (χ2v) is 4.26. The minimum atomic E-state index is 0.871.